The van der Waals surface area contributed by atoms with Crippen LogP contribution >= 0.6 is 0 Å². The number of hydrazine groups is 1. The molecule has 0 atom stereocenters. The molecule has 5 nitrogen and oxygen atoms in total. The molecule has 0 aliphatic carbocycles. The third-order valence-corrected chi connectivity index (χ3v) is 3.56. The van der Waals surface area contributed by atoms with Crippen molar-refractivity contribution in [3.63, 3.8) is 0 Å². The number of furan rings is 1. The first-order valence-electron chi connectivity index (χ1n) is 7.71. The van der Waals surface area contributed by atoms with Crippen molar-refractivity contribution < 1.29 is 22.8 Å². The lowest BCUT2D eigenvalue weighted by Gasteiger charge is -2.06. The molecule has 132 valence electrons. The van der Waals surface area contributed by atoms with E-state index in [1.54, 1.807) is 12.1 Å². The van der Waals surface area contributed by atoms with Crippen molar-refractivity contribution in [2.24, 2.45) is 0 Å². The molecule has 2 amide bonds. The summed E-state index contributed by atoms with van der Waals surface area (Å²) in [5.41, 5.74) is 5.27. The third-order valence-electron chi connectivity index (χ3n) is 3.56. The highest BCUT2D eigenvalue weighted by Crippen LogP contribution is 2.24. The van der Waals surface area contributed by atoms with Crippen LogP contribution in [0.3, 0.4) is 0 Å². The van der Waals surface area contributed by atoms with Crippen LogP contribution in [-0.4, -0.2) is 11.8 Å². The lowest BCUT2D eigenvalue weighted by atomic mass is 10.1. The van der Waals surface area contributed by atoms with Crippen molar-refractivity contribution >= 4 is 11.8 Å². The first-order valence-corrected chi connectivity index (χ1v) is 7.71. The fourth-order valence-corrected chi connectivity index (χ4v) is 2.29. The van der Waals surface area contributed by atoms with Crippen LogP contribution in [0.1, 0.15) is 16.1 Å². The molecule has 1 aromatic heterocycles. The van der Waals surface area contributed by atoms with Crippen LogP contribution in [0, 0.1) is 11.6 Å². The van der Waals surface area contributed by atoms with E-state index in [0.29, 0.717) is 5.56 Å². The highest BCUT2D eigenvalue weighted by atomic mass is 19.1. The Kier molecular flexibility index (Phi) is 5.07. The zero-order chi connectivity index (χ0) is 18.5. The minimum atomic E-state index is -0.681. The predicted octanol–water partition coefficient (Wildman–Crippen LogP) is 3.23. The topological polar surface area (TPSA) is 71.3 Å². The van der Waals surface area contributed by atoms with Crippen LogP contribution in [0.5, 0.6) is 0 Å². The average molecular weight is 356 g/mol. The number of halogens is 2. The van der Waals surface area contributed by atoms with Gasteiger partial charge in [0.15, 0.2) is 5.76 Å². The van der Waals surface area contributed by atoms with E-state index in [1.807, 2.05) is 0 Å². The smallest absolute Gasteiger partial charge is 0.305 e. The molecule has 26 heavy (non-hydrogen) atoms. The summed E-state index contributed by atoms with van der Waals surface area (Å²) in [7, 11) is 0. The summed E-state index contributed by atoms with van der Waals surface area (Å²) >= 11 is 0. The maximum Gasteiger partial charge on any atom is 0.305 e. The van der Waals surface area contributed by atoms with E-state index in [-0.39, 0.29) is 23.5 Å². The zero-order valence-corrected chi connectivity index (χ0v) is 13.5. The standard InChI is InChI=1S/C19H14F2N2O3/c20-13-7-5-12(6-8-13)11-18(24)22-23-19(25)17-10-9-16(26-17)14-3-1-2-4-15(14)21/h1-10H,11H2,(H,22,24)(H,23,25). The van der Waals surface area contributed by atoms with Crippen molar-refractivity contribution in [2.75, 3.05) is 0 Å². The SMILES string of the molecule is O=C(Cc1ccc(F)cc1)NNC(=O)c1ccc(-c2ccccc2F)o1. The van der Waals surface area contributed by atoms with E-state index in [9.17, 15) is 18.4 Å². The Hall–Kier alpha value is -3.48. The van der Waals surface area contributed by atoms with Gasteiger partial charge in [0, 0.05) is 0 Å². The van der Waals surface area contributed by atoms with Crippen molar-refractivity contribution in [1.82, 2.24) is 10.9 Å². The number of rotatable bonds is 4. The Morgan fingerprint density at radius 1 is 0.885 bits per heavy atom. The van der Waals surface area contributed by atoms with Gasteiger partial charge in [-0.1, -0.05) is 24.3 Å². The monoisotopic (exact) mass is 356 g/mol. The van der Waals surface area contributed by atoms with Crippen molar-refractivity contribution in [3.8, 4) is 11.3 Å². The molecule has 1 heterocycles. The zero-order valence-electron chi connectivity index (χ0n) is 13.5. The molecule has 0 spiro atoms. The number of carbonyl (C=O) groups is 2. The highest BCUT2D eigenvalue weighted by molar-refractivity contribution is 5.93. The largest absolute Gasteiger partial charge is 0.451 e. The number of benzene rings is 2. The summed E-state index contributed by atoms with van der Waals surface area (Å²) < 4.78 is 31.9. The molecule has 3 aromatic rings. The van der Waals surface area contributed by atoms with E-state index in [1.165, 1.54) is 48.5 Å². The molecule has 0 saturated heterocycles. The van der Waals surface area contributed by atoms with Gasteiger partial charge in [-0.3, -0.25) is 20.4 Å². The van der Waals surface area contributed by atoms with Gasteiger partial charge in [0.25, 0.3) is 0 Å². The van der Waals surface area contributed by atoms with E-state index in [4.69, 9.17) is 4.42 Å². The number of hydrogen-bond donors (Lipinski definition) is 2. The normalized spacial score (nSPS) is 10.4. The number of hydrogen-bond acceptors (Lipinski definition) is 3. The molecular weight excluding hydrogens is 342 g/mol. The summed E-state index contributed by atoms with van der Waals surface area (Å²) in [5, 5.41) is 0. The first-order chi connectivity index (χ1) is 12.5. The fraction of sp³-hybridized carbons (Fsp3) is 0.0526. The van der Waals surface area contributed by atoms with Crippen molar-refractivity contribution in [1.29, 1.82) is 0 Å². The molecule has 0 bridgehead atoms. The molecule has 0 aliphatic heterocycles. The van der Waals surface area contributed by atoms with Crippen LogP contribution in [0.4, 0.5) is 8.78 Å². The van der Waals surface area contributed by atoms with E-state index in [2.05, 4.69) is 10.9 Å². The quantitative estimate of drug-likeness (QED) is 0.705. The van der Waals surface area contributed by atoms with Crippen LogP contribution in [-0.2, 0) is 11.2 Å². The predicted molar refractivity (Wildman–Crippen MR) is 89.8 cm³/mol. The van der Waals surface area contributed by atoms with Crippen molar-refractivity contribution in [3.05, 3.63) is 83.6 Å². The third kappa shape index (κ3) is 4.13. The van der Waals surface area contributed by atoms with E-state index < -0.39 is 23.4 Å². The van der Waals surface area contributed by atoms with E-state index in [0.717, 1.165) is 0 Å². The summed E-state index contributed by atoms with van der Waals surface area (Å²) in [6.07, 6.45) is -0.0286. The molecule has 3 rings (SSSR count). The second-order valence-corrected chi connectivity index (χ2v) is 5.45. The second kappa shape index (κ2) is 7.60. The molecule has 0 aliphatic rings. The number of carbonyl (C=O) groups excluding carboxylic acids is 2. The Morgan fingerprint density at radius 2 is 1.62 bits per heavy atom. The van der Waals surface area contributed by atoms with Gasteiger partial charge in [-0.15, -0.1) is 0 Å². The number of nitrogens with one attached hydrogen (secondary N) is 2. The lowest BCUT2D eigenvalue weighted by Crippen LogP contribution is -2.42. The maximum absolute atomic E-state index is 13.7. The van der Waals surface area contributed by atoms with Gasteiger partial charge >= 0.3 is 5.91 Å². The number of amides is 2. The molecule has 2 aromatic carbocycles. The van der Waals surface area contributed by atoms with Gasteiger partial charge in [-0.2, -0.15) is 0 Å². The first kappa shape index (κ1) is 17.3. The molecule has 2 N–H and O–H groups in total. The van der Waals surface area contributed by atoms with Gasteiger partial charge in [-0.25, -0.2) is 8.78 Å². The summed E-state index contributed by atoms with van der Waals surface area (Å²) in [5.74, 6) is -1.91. The molecule has 0 fully saturated rings. The van der Waals surface area contributed by atoms with Crippen LogP contribution in [0.15, 0.2) is 65.1 Å². The Labute approximate surface area is 147 Å². The summed E-state index contributed by atoms with van der Waals surface area (Å²) in [6.45, 7) is 0. The Morgan fingerprint density at radius 3 is 2.35 bits per heavy atom. The second-order valence-electron chi connectivity index (χ2n) is 5.45. The molecule has 7 heteroatoms. The minimum Gasteiger partial charge on any atom is -0.451 e. The van der Waals surface area contributed by atoms with Gasteiger partial charge in [0.05, 0.1) is 12.0 Å². The highest BCUT2D eigenvalue weighted by Gasteiger charge is 2.15. The summed E-state index contributed by atoms with van der Waals surface area (Å²) in [4.78, 5) is 23.8. The lowest BCUT2D eigenvalue weighted by molar-refractivity contribution is -0.121. The van der Waals surface area contributed by atoms with Crippen LogP contribution in [0.25, 0.3) is 11.3 Å². The van der Waals surface area contributed by atoms with Gasteiger partial charge in [0.2, 0.25) is 5.91 Å². The molecule has 0 saturated carbocycles. The van der Waals surface area contributed by atoms with Crippen molar-refractivity contribution in [2.45, 2.75) is 6.42 Å². The van der Waals surface area contributed by atoms with E-state index >= 15 is 0 Å². The fourth-order valence-electron chi connectivity index (χ4n) is 2.29. The Balaban J connectivity index is 1.58. The molecule has 0 unspecified atom stereocenters. The van der Waals surface area contributed by atoms with Gasteiger partial charge in [-0.05, 0) is 42.0 Å². The van der Waals surface area contributed by atoms with Gasteiger partial charge in [0.1, 0.15) is 17.4 Å². The maximum atomic E-state index is 13.7. The Bertz CT molecular complexity index is 936. The van der Waals surface area contributed by atoms with Crippen LogP contribution < -0.4 is 10.9 Å². The van der Waals surface area contributed by atoms with Gasteiger partial charge < -0.3 is 4.42 Å². The average Bonchev–Trinajstić information content (AvgIpc) is 3.12. The van der Waals surface area contributed by atoms with Crippen LogP contribution in [0.2, 0.25) is 0 Å². The summed E-state index contributed by atoms with van der Waals surface area (Å²) in [6, 6.07) is 14.3. The minimum absolute atomic E-state index is 0.0286. The molecular formula is C19H14F2N2O3. The molecule has 0 radical (unpaired) electrons.